The van der Waals surface area contributed by atoms with Gasteiger partial charge in [-0.25, -0.2) is 0 Å². The van der Waals surface area contributed by atoms with Crippen LogP contribution in [0, 0.1) is 19.3 Å². The van der Waals surface area contributed by atoms with Crippen molar-refractivity contribution in [1.29, 1.82) is 0 Å². The van der Waals surface area contributed by atoms with Crippen LogP contribution < -0.4 is 0 Å². The molecule has 1 rings (SSSR count). The first-order chi connectivity index (χ1) is 11.8. The van der Waals surface area contributed by atoms with E-state index in [1.165, 1.54) is 93.1 Å². The van der Waals surface area contributed by atoms with Gasteiger partial charge in [0.05, 0.1) is 6.61 Å². The van der Waals surface area contributed by atoms with E-state index in [1.54, 1.807) is 0 Å². The molecule has 2 heteroatoms. The predicted octanol–water partition coefficient (Wildman–Crippen LogP) is 7.33. The lowest BCUT2D eigenvalue weighted by atomic mass is 10.1. The molecular weight excluding hydrogens is 312 g/mol. The van der Waals surface area contributed by atoms with Gasteiger partial charge in [-0.2, -0.15) is 0 Å². The first-order valence-corrected chi connectivity index (χ1v) is 10.4. The quantitative estimate of drug-likeness (QED) is 0.187. The second-order valence-corrected chi connectivity index (χ2v) is 7.44. The van der Waals surface area contributed by atoms with Gasteiger partial charge in [0.15, 0.2) is 0 Å². The molecule has 134 valence electrons. The molecule has 1 aromatic carbocycles. The van der Waals surface area contributed by atoms with Crippen molar-refractivity contribution in [2.45, 2.75) is 88.9 Å². The van der Waals surface area contributed by atoms with Gasteiger partial charge >= 0.3 is 0 Å². The fraction of sp³-hybridized carbons (Fsp3) is 0.636. The molecule has 24 heavy (non-hydrogen) atoms. The summed E-state index contributed by atoms with van der Waals surface area (Å²) in [6.45, 7) is 2.96. The van der Waals surface area contributed by atoms with Gasteiger partial charge in [-0.05, 0) is 31.9 Å². The Bertz CT molecular complexity index is 432. The smallest absolute Gasteiger partial charge is 0.0618 e. The topological polar surface area (TPSA) is 9.23 Å². The molecule has 0 heterocycles. The summed E-state index contributed by atoms with van der Waals surface area (Å²) in [5.41, 5.74) is 1.29. The molecule has 0 bridgehead atoms. The number of hydrogen-bond donors (Lipinski definition) is 0. The normalized spacial score (nSPS) is 10.7. The Labute approximate surface area is 154 Å². The third kappa shape index (κ3) is 12.5. The molecule has 0 atom stereocenters. The van der Waals surface area contributed by atoms with E-state index in [9.17, 15) is 0 Å². The summed E-state index contributed by atoms with van der Waals surface area (Å²) < 4.78 is 5.66. The minimum Gasteiger partial charge on any atom is -0.310 e. The van der Waals surface area contributed by atoms with Crippen molar-refractivity contribution in [1.82, 2.24) is 0 Å². The molecule has 0 fully saturated rings. The number of aryl methyl sites for hydroxylation is 1. The summed E-state index contributed by atoms with van der Waals surface area (Å²) in [6.07, 6.45) is 20.8. The van der Waals surface area contributed by atoms with E-state index < -0.39 is 0 Å². The summed E-state index contributed by atoms with van der Waals surface area (Å²) in [5.74, 6) is 2.71. The van der Waals surface area contributed by atoms with Crippen LogP contribution in [-0.2, 0) is 4.18 Å². The van der Waals surface area contributed by atoms with Gasteiger partial charge < -0.3 is 4.18 Å². The van der Waals surface area contributed by atoms with Crippen molar-refractivity contribution >= 4 is 12.0 Å². The minimum atomic E-state index is 0.857. The molecule has 0 aliphatic rings. The summed E-state index contributed by atoms with van der Waals surface area (Å²) in [7, 11) is 0. The highest BCUT2D eigenvalue weighted by atomic mass is 32.2. The number of benzene rings is 1. The fourth-order valence-corrected chi connectivity index (χ4v) is 3.27. The molecule has 0 amide bonds. The summed E-state index contributed by atoms with van der Waals surface area (Å²) in [6, 6.07) is 8.50. The molecule has 0 saturated carbocycles. The lowest BCUT2D eigenvalue weighted by Crippen LogP contribution is -1.88. The van der Waals surface area contributed by atoms with Gasteiger partial charge in [0, 0.05) is 23.4 Å². The molecule has 0 radical (unpaired) electrons. The average Bonchev–Trinajstić information content (AvgIpc) is 2.60. The van der Waals surface area contributed by atoms with E-state index in [0.29, 0.717) is 0 Å². The van der Waals surface area contributed by atoms with Crippen LogP contribution in [0.5, 0.6) is 0 Å². The Kier molecular flexibility index (Phi) is 13.7. The maximum Gasteiger partial charge on any atom is 0.0618 e. The first-order valence-electron chi connectivity index (χ1n) is 9.62. The highest BCUT2D eigenvalue weighted by Crippen LogP contribution is 2.20. The zero-order valence-electron chi connectivity index (χ0n) is 15.4. The lowest BCUT2D eigenvalue weighted by Gasteiger charge is -2.04. The average molecular weight is 347 g/mol. The van der Waals surface area contributed by atoms with Crippen LogP contribution in [0.4, 0.5) is 0 Å². The third-order valence-corrected chi connectivity index (χ3v) is 4.97. The molecular formula is C22H34OS. The first kappa shape index (κ1) is 21.1. The van der Waals surface area contributed by atoms with Crippen LogP contribution in [0.3, 0.4) is 0 Å². The highest BCUT2D eigenvalue weighted by Gasteiger charge is 1.96. The monoisotopic (exact) mass is 346 g/mol. The van der Waals surface area contributed by atoms with Gasteiger partial charge in [-0.3, -0.25) is 0 Å². The SMILES string of the molecule is C#CCCCCCCCCCCCCCOSc1ccc(C)cc1. The van der Waals surface area contributed by atoms with E-state index in [-0.39, 0.29) is 0 Å². The Hall–Kier alpha value is -0.910. The van der Waals surface area contributed by atoms with E-state index >= 15 is 0 Å². The third-order valence-electron chi connectivity index (χ3n) is 4.22. The molecule has 0 aliphatic carbocycles. The molecule has 1 aromatic rings. The van der Waals surface area contributed by atoms with Crippen LogP contribution in [0.2, 0.25) is 0 Å². The van der Waals surface area contributed by atoms with Gasteiger partial charge in [-0.1, -0.05) is 75.5 Å². The maximum absolute atomic E-state index is 5.66. The molecule has 0 aliphatic heterocycles. The zero-order chi connectivity index (χ0) is 17.3. The molecule has 0 unspecified atom stereocenters. The van der Waals surface area contributed by atoms with Crippen LogP contribution in [0.1, 0.15) is 82.6 Å². The minimum absolute atomic E-state index is 0.857. The maximum atomic E-state index is 5.66. The Balaban J connectivity index is 1.76. The molecule has 0 saturated heterocycles. The van der Waals surface area contributed by atoms with Crippen molar-refractivity contribution in [2.24, 2.45) is 0 Å². The van der Waals surface area contributed by atoms with Gasteiger partial charge in [0.1, 0.15) is 0 Å². The largest absolute Gasteiger partial charge is 0.310 e. The van der Waals surface area contributed by atoms with Crippen LogP contribution >= 0.6 is 12.0 Å². The standard InChI is InChI=1S/C22H34OS/c1-3-4-5-6-7-8-9-10-11-12-13-14-15-20-23-24-22-18-16-21(2)17-19-22/h1,16-19H,4-15,20H2,2H3. The van der Waals surface area contributed by atoms with E-state index in [2.05, 4.69) is 37.1 Å². The van der Waals surface area contributed by atoms with Crippen molar-refractivity contribution in [3.8, 4) is 12.3 Å². The highest BCUT2D eigenvalue weighted by molar-refractivity contribution is 7.94. The van der Waals surface area contributed by atoms with Crippen molar-refractivity contribution in [3.63, 3.8) is 0 Å². The number of unbranched alkanes of at least 4 members (excludes halogenated alkanes) is 11. The summed E-state index contributed by atoms with van der Waals surface area (Å²) >= 11 is 1.50. The lowest BCUT2D eigenvalue weighted by molar-refractivity contribution is 0.354. The Morgan fingerprint density at radius 3 is 1.83 bits per heavy atom. The van der Waals surface area contributed by atoms with Crippen LogP contribution in [0.15, 0.2) is 29.2 Å². The second kappa shape index (κ2) is 15.6. The molecule has 0 N–H and O–H groups in total. The van der Waals surface area contributed by atoms with Crippen molar-refractivity contribution in [2.75, 3.05) is 6.61 Å². The summed E-state index contributed by atoms with van der Waals surface area (Å²) in [5, 5.41) is 0. The number of hydrogen-bond acceptors (Lipinski definition) is 2. The fourth-order valence-electron chi connectivity index (χ4n) is 2.68. The van der Waals surface area contributed by atoms with Crippen LogP contribution in [0.25, 0.3) is 0 Å². The molecule has 0 aromatic heterocycles. The van der Waals surface area contributed by atoms with Crippen molar-refractivity contribution in [3.05, 3.63) is 29.8 Å². The van der Waals surface area contributed by atoms with Crippen molar-refractivity contribution < 1.29 is 4.18 Å². The summed E-state index contributed by atoms with van der Waals surface area (Å²) in [4.78, 5) is 1.19. The van der Waals surface area contributed by atoms with E-state index in [0.717, 1.165) is 13.0 Å². The van der Waals surface area contributed by atoms with Gasteiger partial charge in [0.25, 0.3) is 0 Å². The Morgan fingerprint density at radius 1 is 0.792 bits per heavy atom. The second-order valence-electron chi connectivity index (χ2n) is 6.56. The number of rotatable bonds is 15. The molecule has 1 nitrogen and oxygen atoms in total. The van der Waals surface area contributed by atoms with Crippen LogP contribution in [-0.4, -0.2) is 6.61 Å². The van der Waals surface area contributed by atoms with Gasteiger partial charge in [0.2, 0.25) is 0 Å². The molecule has 0 spiro atoms. The zero-order valence-corrected chi connectivity index (χ0v) is 16.2. The van der Waals surface area contributed by atoms with Gasteiger partial charge in [-0.15, -0.1) is 12.3 Å². The van der Waals surface area contributed by atoms with E-state index in [1.807, 2.05) is 0 Å². The Morgan fingerprint density at radius 2 is 1.29 bits per heavy atom. The predicted molar refractivity (Wildman–Crippen MR) is 107 cm³/mol. The van der Waals surface area contributed by atoms with E-state index in [4.69, 9.17) is 10.6 Å². The number of terminal acetylenes is 1.